The lowest BCUT2D eigenvalue weighted by molar-refractivity contribution is -0.0893. The zero-order valence-electron chi connectivity index (χ0n) is 14.7. The summed E-state index contributed by atoms with van der Waals surface area (Å²) in [6, 6.07) is 9.81. The molecule has 5 heteroatoms. The van der Waals surface area contributed by atoms with Gasteiger partial charge in [-0.05, 0) is 47.6 Å². The smallest absolute Gasteiger partial charge is 0.330 e. The van der Waals surface area contributed by atoms with Crippen LogP contribution >= 0.6 is 0 Å². The van der Waals surface area contributed by atoms with Crippen molar-refractivity contribution in [2.75, 3.05) is 0 Å². The number of hydrogen-bond acceptors (Lipinski definition) is 4. The van der Waals surface area contributed by atoms with Crippen molar-refractivity contribution in [3.05, 3.63) is 41.7 Å². The van der Waals surface area contributed by atoms with Crippen LogP contribution in [0.3, 0.4) is 0 Å². The summed E-state index contributed by atoms with van der Waals surface area (Å²) in [6.45, 7) is 11.1. The summed E-state index contributed by atoms with van der Waals surface area (Å²) in [7, 11) is 1.67. The van der Waals surface area contributed by atoms with Crippen LogP contribution in [0.1, 0.15) is 39.1 Å². The van der Waals surface area contributed by atoms with E-state index in [1.54, 1.807) is 21.3 Å². The Kier molecular flexibility index (Phi) is 4.92. The number of rotatable bonds is 5. The average Bonchev–Trinajstić information content (AvgIpc) is 2.43. The van der Waals surface area contributed by atoms with Gasteiger partial charge in [0.15, 0.2) is 5.82 Å². The van der Waals surface area contributed by atoms with Crippen LogP contribution in [-0.2, 0) is 4.65 Å². The van der Waals surface area contributed by atoms with E-state index in [0.29, 0.717) is 0 Å². The molecule has 0 amide bonds. The quantitative estimate of drug-likeness (QED) is 0.862. The van der Waals surface area contributed by atoms with Crippen molar-refractivity contribution in [3.8, 4) is 11.4 Å². The fourth-order valence-electron chi connectivity index (χ4n) is 1.93. The monoisotopic (exact) mass is 311 g/mol. The van der Waals surface area contributed by atoms with Gasteiger partial charge in [-0.2, -0.15) is 0 Å². The number of aromatic nitrogens is 2. The van der Waals surface area contributed by atoms with Gasteiger partial charge in [-0.25, -0.2) is 9.97 Å². The first kappa shape index (κ1) is 17.6. The van der Waals surface area contributed by atoms with Gasteiger partial charge in [0.1, 0.15) is 0 Å². The molecule has 0 unspecified atom stereocenters. The van der Waals surface area contributed by atoms with Gasteiger partial charge in [0.2, 0.25) is 0 Å². The molecule has 1 aromatic carbocycles. The summed E-state index contributed by atoms with van der Waals surface area (Å²) in [4.78, 5) is 8.93. The second-order valence-electron chi connectivity index (χ2n) is 6.90. The summed E-state index contributed by atoms with van der Waals surface area (Å²) in [5.41, 5.74) is 2.20. The fraction of sp³-hybridized carbons (Fsp3) is 0.444. The molecule has 0 aliphatic carbocycles. The van der Waals surface area contributed by atoms with E-state index < -0.39 is 11.2 Å². The van der Waals surface area contributed by atoms with Crippen LogP contribution in [0.25, 0.3) is 11.4 Å². The van der Waals surface area contributed by atoms with Crippen molar-refractivity contribution < 1.29 is 9.76 Å². The highest BCUT2D eigenvalue weighted by Gasteiger charge is 2.35. The molecule has 0 saturated heterocycles. The minimum absolute atomic E-state index is 0.678. The molecule has 4 nitrogen and oxygen atoms in total. The largest absolute Gasteiger partial charge is 0.427 e. The molecule has 121 valence electrons. The minimum atomic E-state index is -0.934. The fourth-order valence-corrected chi connectivity index (χ4v) is 1.93. The molecule has 0 aliphatic rings. The Hall–Kier alpha value is -1.72. The highest BCUT2D eigenvalue weighted by atomic mass is 16.5. The first-order valence-corrected chi connectivity index (χ1v) is 7.75. The predicted molar refractivity (Wildman–Crippen MR) is 93.8 cm³/mol. The van der Waals surface area contributed by atoms with Gasteiger partial charge in [0.25, 0.3) is 0 Å². The second-order valence-corrected chi connectivity index (χ2v) is 6.90. The summed E-state index contributed by atoms with van der Waals surface area (Å²) in [5.74, 6) is 0.729. The maximum absolute atomic E-state index is 10.1. The minimum Gasteiger partial charge on any atom is -0.427 e. The zero-order chi connectivity index (χ0) is 17.3. The SMILES string of the molecule is Cc1cc(C)nc(-c2ccc([B]OC(C)(C)C(C)(C)O)cc2)n1. The Balaban J connectivity index is 2.11. The molecule has 0 spiro atoms. The van der Waals surface area contributed by atoms with Crippen LogP contribution in [-0.4, -0.2) is 33.8 Å². The van der Waals surface area contributed by atoms with Gasteiger partial charge in [-0.15, -0.1) is 0 Å². The maximum Gasteiger partial charge on any atom is 0.330 e. The predicted octanol–water partition coefficient (Wildman–Crippen LogP) is 2.57. The van der Waals surface area contributed by atoms with Crippen molar-refractivity contribution in [3.63, 3.8) is 0 Å². The lowest BCUT2D eigenvalue weighted by atomic mass is 9.82. The van der Waals surface area contributed by atoms with Gasteiger partial charge in [-0.1, -0.05) is 29.7 Å². The van der Waals surface area contributed by atoms with E-state index in [9.17, 15) is 5.11 Å². The van der Waals surface area contributed by atoms with Crippen molar-refractivity contribution in [1.82, 2.24) is 9.97 Å². The lowest BCUT2D eigenvalue weighted by Gasteiger charge is -2.37. The van der Waals surface area contributed by atoms with Crippen LogP contribution < -0.4 is 5.46 Å². The molecule has 1 aromatic heterocycles. The highest BCUT2D eigenvalue weighted by Crippen LogP contribution is 2.24. The molecule has 0 fully saturated rings. The number of aryl methyl sites for hydroxylation is 2. The van der Waals surface area contributed by atoms with E-state index in [-0.39, 0.29) is 0 Å². The van der Waals surface area contributed by atoms with Gasteiger partial charge >= 0.3 is 7.48 Å². The van der Waals surface area contributed by atoms with Crippen LogP contribution in [0.5, 0.6) is 0 Å². The molecule has 1 heterocycles. The molecule has 2 rings (SSSR count). The van der Waals surface area contributed by atoms with Gasteiger partial charge in [0, 0.05) is 17.0 Å². The first-order chi connectivity index (χ1) is 10.6. The number of nitrogens with zero attached hydrogens (tertiary/aromatic N) is 2. The average molecular weight is 311 g/mol. The second kappa shape index (κ2) is 6.42. The van der Waals surface area contributed by atoms with E-state index in [0.717, 1.165) is 28.2 Å². The van der Waals surface area contributed by atoms with E-state index >= 15 is 0 Å². The molecule has 0 aliphatic heterocycles. The number of benzene rings is 1. The summed E-state index contributed by atoms with van der Waals surface area (Å²) >= 11 is 0. The summed E-state index contributed by atoms with van der Waals surface area (Å²) < 4.78 is 5.76. The van der Waals surface area contributed by atoms with Crippen LogP contribution in [0.2, 0.25) is 0 Å². The van der Waals surface area contributed by atoms with Crippen molar-refractivity contribution in [2.45, 2.75) is 52.7 Å². The molecule has 1 radical (unpaired) electrons. The topological polar surface area (TPSA) is 55.2 Å². The third-order valence-corrected chi connectivity index (χ3v) is 4.11. The molecule has 1 N–H and O–H groups in total. The molecular weight excluding hydrogens is 287 g/mol. The van der Waals surface area contributed by atoms with Crippen molar-refractivity contribution >= 4 is 12.9 Å². The van der Waals surface area contributed by atoms with E-state index in [1.165, 1.54) is 0 Å². The molecular formula is C18H24BN2O2. The van der Waals surface area contributed by atoms with Gasteiger partial charge in [0.05, 0.1) is 11.2 Å². The normalized spacial score (nSPS) is 12.3. The molecule has 0 saturated carbocycles. The van der Waals surface area contributed by atoms with Gasteiger partial charge < -0.3 is 9.76 Å². The maximum atomic E-state index is 10.1. The Morgan fingerprint density at radius 2 is 1.48 bits per heavy atom. The number of hydrogen-bond donors (Lipinski definition) is 1. The van der Waals surface area contributed by atoms with Crippen molar-refractivity contribution in [1.29, 1.82) is 0 Å². The lowest BCUT2D eigenvalue weighted by Crippen LogP contribution is -2.49. The summed E-state index contributed by atoms with van der Waals surface area (Å²) in [5, 5.41) is 10.1. The number of aliphatic hydroxyl groups is 1. The summed E-state index contributed by atoms with van der Waals surface area (Å²) in [6.07, 6.45) is 0. The van der Waals surface area contributed by atoms with E-state index in [2.05, 4.69) is 9.97 Å². The molecule has 0 bridgehead atoms. The van der Waals surface area contributed by atoms with Crippen molar-refractivity contribution in [2.24, 2.45) is 0 Å². The highest BCUT2D eigenvalue weighted by molar-refractivity contribution is 6.47. The van der Waals surface area contributed by atoms with Crippen LogP contribution in [0, 0.1) is 13.8 Å². The Morgan fingerprint density at radius 1 is 0.957 bits per heavy atom. The van der Waals surface area contributed by atoms with E-state index in [1.807, 2.05) is 58.0 Å². The van der Waals surface area contributed by atoms with E-state index in [4.69, 9.17) is 4.65 Å². The molecule has 23 heavy (non-hydrogen) atoms. The Bertz CT molecular complexity index is 656. The molecule has 0 atom stereocenters. The van der Waals surface area contributed by atoms with Crippen LogP contribution in [0.15, 0.2) is 30.3 Å². The first-order valence-electron chi connectivity index (χ1n) is 7.75. The Labute approximate surface area is 139 Å². The third-order valence-electron chi connectivity index (χ3n) is 4.11. The third kappa shape index (κ3) is 4.39. The van der Waals surface area contributed by atoms with Crippen LogP contribution in [0.4, 0.5) is 0 Å². The Morgan fingerprint density at radius 3 is 1.96 bits per heavy atom. The standard InChI is InChI=1S/C18H24BN2O2/c1-12-11-13(2)21-16(20-12)14-7-9-15(10-8-14)19-23-18(5,6)17(3,4)22/h7-11,22H,1-6H3. The zero-order valence-corrected chi connectivity index (χ0v) is 14.7. The molecule has 2 aromatic rings. The van der Waals surface area contributed by atoms with Gasteiger partial charge in [-0.3, -0.25) is 0 Å².